The fraction of sp³-hybridized carbons (Fsp3) is 0.600. The second-order valence-electron chi connectivity index (χ2n) is 13.4. The van der Waals surface area contributed by atoms with Crippen molar-refractivity contribution >= 4 is 0 Å². The predicted molar refractivity (Wildman–Crippen MR) is 181 cm³/mol. The van der Waals surface area contributed by atoms with Crippen LogP contribution in [-0.4, -0.2) is 25.4 Å². The van der Waals surface area contributed by atoms with Gasteiger partial charge in [0, 0.05) is 5.56 Å². The molecule has 3 rings (SSSR count). The van der Waals surface area contributed by atoms with E-state index >= 15 is 0 Å². The van der Waals surface area contributed by atoms with E-state index in [0.717, 1.165) is 59.6 Å². The summed E-state index contributed by atoms with van der Waals surface area (Å²) in [4.78, 5) is 0. The molecule has 1 aliphatic rings. The van der Waals surface area contributed by atoms with Gasteiger partial charge in [0.25, 0.3) is 0 Å². The lowest BCUT2D eigenvalue weighted by molar-refractivity contribution is 0.0514. The summed E-state index contributed by atoms with van der Waals surface area (Å²) in [5.41, 5.74) is 3.30. The summed E-state index contributed by atoms with van der Waals surface area (Å²) < 4.78 is 18.1. The third kappa shape index (κ3) is 13.5. The summed E-state index contributed by atoms with van der Waals surface area (Å²) in [5, 5.41) is 0. The first-order chi connectivity index (χ1) is 20.7. The van der Waals surface area contributed by atoms with Gasteiger partial charge >= 0.3 is 0 Å². The first-order valence-electron chi connectivity index (χ1n) is 16.8. The molecule has 0 saturated heterocycles. The standard InChI is InChI=1S/C40H56O3/c1-32(2)16-12-17-33(3)18-13-19-34(4)20-14-25-40(6)26-24-37-31-38(30-35(5)39(37)43-40)42-29-11-10-27-41-28-15-23-36-21-8-7-9-22-36/h7-9,21-22,30-34H,12-14,16-20,24-29H2,1-6H3/t33-,34-,40-/m1/s1. The molecular weight excluding hydrogens is 528 g/mol. The van der Waals surface area contributed by atoms with Crippen LogP contribution in [0.2, 0.25) is 0 Å². The van der Waals surface area contributed by atoms with E-state index < -0.39 is 0 Å². The quantitative estimate of drug-likeness (QED) is 0.145. The van der Waals surface area contributed by atoms with Crippen LogP contribution in [0.5, 0.6) is 11.5 Å². The van der Waals surface area contributed by atoms with Crippen molar-refractivity contribution in [2.75, 3.05) is 19.8 Å². The summed E-state index contributed by atoms with van der Waals surface area (Å²) in [6, 6.07) is 14.1. The van der Waals surface area contributed by atoms with Crippen LogP contribution in [0.4, 0.5) is 0 Å². The SMILES string of the molecule is Cc1cc(OCC#CCOCC#Cc2ccccc2)cc2c1O[C@](C)(CCC[C@H](C)CCC[C@H](C)CCCC(C)C)CC2. The van der Waals surface area contributed by atoms with Gasteiger partial charge in [-0.2, -0.15) is 0 Å². The van der Waals surface area contributed by atoms with Crippen molar-refractivity contribution in [1.29, 1.82) is 0 Å². The Kier molecular flexibility index (Phi) is 15.1. The van der Waals surface area contributed by atoms with Crippen molar-refractivity contribution in [3.05, 3.63) is 59.2 Å². The van der Waals surface area contributed by atoms with E-state index in [-0.39, 0.29) is 5.60 Å². The molecule has 3 heteroatoms. The Bertz CT molecular complexity index is 1210. The molecule has 0 bridgehead atoms. The van der Waals surface area contributed by atoms with Gasteiger partial charge in [0.2, 0.25) is 0 Å². The Hall–Kier alpha value is -2.88. The van der Waals surface area contributed by atoms with Gasteiger partial charge < -0.3 is 14.2 Å². The Balaban J connectivity index is 1.33. The van der Waals surface area contributed by atoms with E-state index in [2.05, 4.69) is 77.4 Å². The molecule has 0 fully saturated rings. The van der Waals surface area contributed by atoms with Crippen LogP contribution >= 0.6 is 0 Å². The second-order valence-corrected chi connectivity index (χ2v) is 13.4. The highest BCUT2D eigenvalue weighted by Gasteiger charge is 2.32. The largest absolute Gasteiger partial charge is 0.487 e. The molecule has 0 unspecified atom stereocenters. The maximum absolute atomic E-state index is 6.66. The average Bonchev–Trinajstić information content (AvgIpc) is 2.97. The van der Waals surface area contributed by atoms with Crippen molar-refractivity contribution in [2.24, 2.45) is 17.8 Å². The maximum atomic E-state index is 6.66. The molecule has 43 heavy (non-hydrogen) atoms. The Morgan fingerprint density at radius 2 is 1.47 bits per heavy atom. The monoisotopic (exact) mass is 584 g/mol. The normalized spacial score (nSPS) is 17.1. The summed E-state index contributed by atoms with van der Waals surface area (Å²) in [6.07, 6.45) is 14.0. The second kappa shape index (κ2) is 18.7. The lowest BCUT2D eigenvalue weighted by atomic mass is 9.85. The molecule has 0 amide bonds. The van der Waals surface area contributed by atoms with E-state index in [4.69, 9.17) is 14.2 Å². The fourth-order valence-electron chi connectivity index (χ4n) is 5.94. The van der Waals surface area contributed by atoms with Gasteiger partial charge in [-0.15, -0.1) is 0 Å². The minimum Gasteiger partial charge on any atom is -0.487 e. The first-order valence-corrected chi connectivity index (χ1v) is 16.8. The van der Waals surface area contributed by atoms with Gasteiger partial charge in [-0.05, 0) is 92.7 Å². The van der Waals surface area contributed by atoms with E-state index in [0.29, 0.717) is 19.8 Å². The predicted octanol–water partition coefficient (Wildman–Crippen LogP) is 9.97. The molecule has 2 aromatic carbocycles. The highest BCUT2D eigenvalue weighted by Crippen LogP contribution is 2.40. The Labute approximate surface area is 263 Å². The van der Waals surface area contributed by atoms with E-state index in [1.54, 1.807) is 0 Å². The molecule has 0 saturated carbocycles. The summed E-state index contributed by atoms with van der Waals surface area (Å²) in [5.74, 6) is 16.6. The number of aryl methyl sites for hydroxylation is 2. The molecule has 2 aromatic rings. The van der Waals surface area contributed by atoms with Gasteiger partial charge in [0.1, 0.15) is 36.9 Å². The zero-order valence-corrected chi connectivity index (χ0v) is 27.9. The van der Waals surface area contributed by atoms with Crippen molar-refractivity contribution in [2.45, 2.75) is 118 Å². The molecule has 3 atom stereocenters. The molecule has 0 aromatic heterocycles. The minimum atomic E-state index is -0.0816. The van der Waals surface area contributed by atoms with Crippen LogP contribution in [0.1, 0.15) is 116 Å². The minimum absolute atomic E-state index is 0.0816. The maximum Gasteiger partial charge on any atom is 0.149 e. The van der Waals surface area contributed by atoms with Crippen LogP contribution in [0.25, 0.3) is 0 Å². The number of rotatable bonds is 16. The van der Waals surface area contributed by atoms with Gasteiger partial charge in [-0.1, -0.05) is 115 Å². The van der Waals surface area contributed by atoms with E-state index in [1.165, 1.54) is 56.9 Å². The Morgan fingerprint density at radius 3 is 2.19 bits per heavy atom. The number of hydrogen-bond donors (Lipinski definition) is 0. The highest BCUT2D eigenvalue weighted by molar-refractivity contribution is 5.48. The highest BCUT2D eigenvalue weighted by atomic mass is 16.5. The van der Waals surface area contributed by atoms with Crippen LogP contribution in [0, 0.1) is 48.4 Å². The zero-order valence-electron chi connectivity index (χ0n) is 27.9. The number of ether oxygens (including phenoxy) is 3. The topological polar surface area (TPSA) is 27.7 Å². The fourth-order valence-corrected chi connectivity index (χ4v) is 5.94. The summed E-state index contributed by atoms with van der Waals surface area (Å²) in [7, 11) is 0. The number of hydrogen-bond acceptors (Lipinski definition) is 3. The Morgan fingerprint density at radius 1 is 0.814 bits per heavy atom. The van der Waals surface area contributed by atoms with Gasteiger partial charge in [0.15, 0.2) is 0 Å². The molecule has 1 heterocycles. The molecule has 0 aliphatic carbocycles. The third-order valence-corrected chi connectivity index (χ3v) is 8.66. The third-order valence-electron chi connectivity index (χ3n) is 8.66. The van der Waals surface area contributed by atoms with Gasteiger partial charge in [-0.25, -0.2) is 0 Å². The molecule has 0 spiro atoms. The molecule has 234 valence electrons. The van der Waals surface area contributed by atoms with Crippen molar-refractivity contribution in [1.82, 2.24) is 0 Å². The van der Waals surface area contributed by atoms with E-state index in [1.807, 2.05) is 30.3 Å². The molecule has 1 aliphatic heterocycles. The van der Waals surface area contributed by atoms with Crippen LogP contribution in [0.15, 0.2) is 42.5 Å². The van der Waals surface area contributed by atoms with Crippen LogP contribution in [-0.2, 0) is 11.2 Å². The van der Waals surface area contributed by atoms with Crippen molar-refractivity contribution < 1.29 is 14.2 Å². The van der Waals surface area contributed by atoms with Crippen LogP contribution in [0.3, 0.4) is 0 Å². The lowest BCUT2D eigenvalue weighted by Crippen LogP contribution is -2.36. The van der Waals surface area contributed by atoms with Gasteiger partial charge in [-0.3, -0.25) is 0 Å². The molecule has 0 N–H and O–H groups in total. The van der Waals surface area contributed by atoms with Crippen molar-refractivity contribution in [3.63, 3.8) is 0 Å². The van der Waals surface area contributed by atoms with Crippen LogP contribution < -0.4 is 9.47 Å². The zero-order chi connectivity index (χ0) is 30.9. The lowest BCUT2D eigenvalue weighted by Gasteiger charge is -2.37. The van der Waals surface area contributed by atoms with Gasteiger partial charge in [0.05, 0.1) is 0 Å². The average molecular weight is 585 g/mol. The first kappa shape index (κ1) is 34.6. The summed E-state index contributed by atoms with van der Waals surface area (Å²) in [6.45, 7) is 15.0. The number of fused-ring (bicyclic) bond motifs is 1. The molecule has 0 radical (unpaired) electrons. The number of benzene rings is 2. The van der Waals surface area contributed by atoms with Crippen molar-refractivity contribution in [3.8, 4) is 35.2 Å². The summed E-state index contributed by atoms with van der Waals surface area (Å²) >= 11 is 0. The van der Waals surface area contributed by atoms with E-state index in [9.17, 15) is 0 Å². The molecular formula is C40H56O3. The molecule has 3 nitrogen and oxygen atoms in total. The smallest absolute Gasteiger partial charge is 0.149 e.